The van der Waals surface area contributed by atoms with E-state index in [0.29, 0.717) is 0 Å². The molecule has 0 aliphatic rings. The van der Waals surface area contributed by atoms with Crippen molar-refractivity contribution < 1.29 is 0 Å². The maximum Gasteiger partial charge on any atom is 0.0132 e. The summed E-state index contributed by atoms with van der Waals surface area (Å²) in [7, 11) is 0. The Morgan fingerprint density at radius 1 is 1.33 bits per heavy atom. The van der Waals surface area contributed by atoms with E-state index in [-0.39, 0.29) is 0 Å². The van der Waals surface area contributed by atoms with Crippen LogP contribution in [-0.4, -0.2) is 23.0 Å². The Kier molecular flexibility index (Phi) is 7.34. The molecule has 1 unspecified atom stereocenters. The van der Waals surface area contributed by atoms with Gasteiger partial charge in [0.2, 0.25) is 0 Å². The Hall–Kier alpha value is 0.700. The lowest BCUT2D eigenvalue weighted by Gasteiger charge is -2.08. The minimum Gasteiger partial charge on any atom is -0.161 e. The summed E-state index contributed by atoms with van der Waals surface area (Å²) in [4.78, 5) is 0. The van der Waals surface area contributed by atoms with Crippen molar-refractivity contribution in [1.82, 2.24) is 0 Å². The molecule has 0 amide bonds. The Morgan fingerprint density at radius 3 is 2.33 bits per heavy atom. The average Bonchev–Trinajstić information content (AvgIpc) is 1.91. The topological polar surface area (TPSA) is 0 Å². The van der Waals surface area contributed by atoms with Gasteiger partial charge in [-0.25, -0.2) is 0 Å². The molecule has 9 heavy (non-hydrogen) atoms. The molecule has 0 spiro atoms. The highest BCUT2D eigenvalue weighted by Crippen LogP contribution is 2.15. The molecular formula is C7H16S2. The molecule has 0 aromatic carbocycles. The summed E-state index contributed by atoms with van der Waals surface area (Å²) >= 11 is 4.03. The summed E-state index contributed by atoms with van der Waals surface area (Å²) < 4.78 is 0. The van der Waals surface area contributed by atoms with Crippen molar-refractivity contribution in [3.63, 3.8) is 0 Å². The molecule has 0 aromatic rings. The van der Waals surface area contributed by atoms with Gasteiger partial charge in [0.05, 0.1) is 0 Å². The monoisotopic (exact) mass is 164 g/mol. The van der Waals surface area contributed by atoms with E-state index in [4.69, 9.17) is 0 Å². The fourth-order valence-corrected chi connectivity index (χ4v) is 2.50. The van der Waals surface area contributed by atoms with Gasteiger partial charge in [0.1, 0.15) is 0 Å². The summed E-state index contributed by atoms with van der Waals surface area (Å²) in [6, 6.07) is 0. The lowest BCUT2D eigenvalue weighted by atomic mass is 10.4. The van der Waals surface area contributed by atoms with Gasteiger partial charge in [0.25, 0.3) is 0 Å². The normalized spacial score (nSPS) is 13.7. The summed E-state index contributed by atoms with van der Waals surface area (Å²) in [5, 5.41) is 0.884. The van der Waals surface area contributed by atoms with E-state index < -0.39 is 0 Å². The van der Waals surface area contributed by atoms with Crippen LogP contribution in [0.1, 0.15) is 20.3 Å². The second kappa shape index (κ2) is 6.81. The van der Waals surface area contributed by atoms with Gasteiger partial charge in [0, 0.05) is 11.0 Å². The van der Waals surface area contributed by atoms with Crippen molar-refractivity contribution in [2.24, 2.45) is 0 Å². The Balaban J connectivity index is 3.09. The molecule has 0 fully saturated rings. The van der Waals surface area contributed by atoms with Gasteiger partial charge in [-0.3, -0.25) is 0 Å². The molecule has 1 atom stereocenters. The third-order valence-electron chi connectivity index (χ3n) is 1.30. The van der Waals surface area contributed by atoms with Gasteiger partial charge in [-0.15, -0.1) is 0 Å². The van der Waals surface area contributed by atoms with Crippen molar-refractivity contribution in [2.45, 2.75) is 25.5 Å². The van der Waals surface area contributed by atoms with Crippen molar-refractivity contribution in [1.29, 1.82) is 0 Å². The van der Waals surface area contributed by atoms with E-state index in [1.807, 2.05) is 23.5 Å². The Labute approximate surface area is 67.2 Å². The van der Waals surface area contributed by atoms with E-state index >= 15 is 0 Å². The molecule has 56 valence electrons. The highest BCUT2D eigenvalue weighted by Gasteiger charge is 2.01. The van der Waals surface area contributed by atoms with Crippen LogP contribution in [0.15, 0.2) is 0 Å². The first-order valence-corrected chi connectivity index (χ1v) is 5.89. The zero-order valence-electron chi connectivity index (χ0n) is 6.52. The summed E-state index contributed by atoms with van der Waals surface area (Å²) in [6.07, 6.45) is 3.51. The first-order valence-electron chi connectivity index (χ1n) is 3.45. The fourth-order valence-electron chi connectivity index (χ4n) is 0.602. The largest absolute Gasteiger partial charge is 0.161 e. The molecule has 0 aliphatic heterocycles. The predicted octanol–water partition coefficient (Wildman–Crippen LogP) is 2.88. The van der Waals surface area contributed by atoms with Crippen LogP contribution in [0.25, 0.3) is 0 Å². The Bertz CT molecular complexity index is 50.9. The zero-order chi connectivity index (χ0) is 7.11. The molecule has 0 saturated carbocycles. The van der Waals surface area contributed by atoms with Crippen LogP contribution in [0.2, 0.25) is 0 Å². The summed E-state index contributed by atoms with van der Waals surface area (Å²) in [5.74, 6) is 2.59. The summed E-state index contributed by atoms with van der Waals surface area (Å²) in [5.41, 5.74) is 0. The molecule has 0 aromatic heterocycles. The number of rotatable bonds is 5. The van der Waals surface area contributed by atoms with Crippen LogP contribution < -0.4 is 0 Å². The van der Waals surface area contributed by atoms with E-state index in [1.165, 1.54) is 17.9 Å². The molecule has 0 bridgehead atoms. The second-order valence-electron chi connectivity index (χ2n) is 1.93. The smallest absolute Gasteiger partial charge is 0.0132 e. The number of thioether (sulfide) groups is 2. The minimum absolute atomic E-state index is 0.884. The summed E-state index contributed by atoms with van der Waals surface area (Å²) in [6.45, 7) is 4.48. The Morgan fingerprint density at radius 2 is 2.00 bits per heavy atom. The van der Waals surface area contributed by atoms with Gasteiger partial charge in [-0.05, 0) is 18.4 Å². The van der Waals surface area contributed by atoms with Crippen molar-refractivity contribution in [3.8, 4) is 0 Å². The molecule has 0 heterocycles. The fraction of sp³-hybridized carbons (Fsp3) is 1.00. The molecule has 0 radical (unpaired) electrons. The zero-order valence-corrected chi connectivity index (χ0v) is 8.15. The third kappa shape index (κ3) is 5.16. The van der Waals surface area contributed by atoms with E-state index in [0.717, 1.165) is 5.25 Å². The third-order valence-corrected chi connectivity index (χ3v) is 3.72. The molecule has 0 N–H and O–H groups in total. The molecule has 0 rings (SSSR count). The first kappa shape index (κ1) is 9.70. The number of hydrogen-bond acceptors (Lipinski definition) is 2. The maximum atomic E-state index is 2.26. The van der Waals surface area contributed by atoms with Crippen molar-refractivity contribution >= 4 is 23.5 Å². The number of hydrogen-bond donors (Lipinski definition) is 0. The van der Waals surface area contributed by atoms with E-state index in [1.54, 1.807) is 0 Å². The van der Waals surface area contributed by atoms with Gasteiger partial charge in [0.15, 0.2) is 0 Å². The van der Waals surface area contributed by atoms with Gasteiger partial charge in [-0.1, -0.05) is 13.8 Å². The second-order valence-corrected chi connectivity index (χ2v) is 4.38. The average molecular weight is 164 g/mol. The maximum absolute atomic E-state index is 2.26. The quantitative estimate of drug-likeness (QED) is 0.613. The molecule has 2 heteroatoms. The van der Waals surface area contributed by atoms with E-state index in [9.17, 15) is 0 Å². The predicted molar refractivity (Wildman–Crippen MR) is 50.6 cm³/mol. The van der Waals surface area contributed by atoms with Gasteiger partial charge in [-0.2, -0.15) is 23.5 Å². The highest BCUT2D eigenvalue weighted by molar-refractivity contribution is 8.03. The lowest BCUT2D eigenvalue weighted by Crippen LogP contribution is -2.02. The SMILES string of the molecule is CCSCC(CC)SC. The molecular weight excluding hydrogens is 148 g/mol. The van der Waals surface area contributed by atoms with E-state index in [2.05, 4.69) is 20.1 Å². The highest BCUT2D eigenvalue weighted by atomic mass is 32.2. The van der Waals surface area contributed by atoms with Gasteiger partial charge >= 0.3 is 0 Å². The lowest BCUT2D eigenvalue weighted by molar-refractivity contribution is 0.919. The first-order chi connectivity index (χ1) is 4.35. The van der Waals surface area contributed by atoms with Crippen LogP contribution in [0, 0.1) is 0 Å². The minimum atomic E-state index is 0.884. The van der Waals surface area contributed by atoms with Crippen LogP contribution in [0.4, 0.5) is 0 Å². The van der Waals surface area contributed by atoms with Crippen molar-refractivity contribution in [2.75, 3.05) is 17.8 Å². The molecule has 0 saturated heterocycles. The standard InChI is InChI=1S/C7H16S2/c1-4-7(8-3)6-9-5-2/h7H,4-6H2,1-3H3. The van der Waals surface area contributed by atoms with Gasteiger partial charge < -0.3 is 0 Å². The van der Waals surface area contributed by atoms with Crippen LogP contribution >= 0.6 is 23.5 Å². The molecule has 0 nitrogen and oxygen atoms in total. The van der Waals surface area contributed by atoms with Crippen molar-refractivity contribution in [3.05, 3.63) is 0 Å². The van der Waals surface area contributed by atoms with Crippen LogP contribution in [0.3, 0.4) is 0 Å². The van der Waals surface area contributed by atoms with Crippen LogP contribution in [0.5, 0.6) is 0 Å². The molecule has 0 aliphatic carbocycles. The van der Waals surface area contributed by atoms with Crippen LogP contribution in [-0.2, 0) is 0 Å².